The maximum Gasteiger partial charge on any atom is 0.144 e. The van der Waals surface area contributed by atoms with Gasteiger partial charge in [-0.05, 0) is 71.4 Å². The fourth-order valence-electron chi connectivity index (χ4n) is 5.59. The van der Waals surface area contributed by atoms with Gasteiger partial charge in [0.25, 0.3) is 0 Å². The summed E-state index contributed by atoms with van der Waals surface area (Å²) in [5, 5.41) is 7.26. The number of para-hydroxylation sites is 2. The molecular weight excluding hydrogens is 470 g/mol. The van der Waals surface area contributed by atoms with Crippen LogP contribution in [0.3, 0.4) is 0 Å². The van der Waals surface area contributed by atoms with Crippen LogP contribution in [-0.2, 0) is 0 Å². The van der Waals surface area contributed by atoms with Crippen LogP contribution in [-0.4, -0.2) is 0 Å². The summed E-state index contributed by atoms with van der Waals surface area (Å²) < 4.78 is 9.11. The Morgan fingerprint density at radius 3 is 1.97 bits per heavy atom. The Hall–Kier alpha value is -4.60. The maximum absolute atomic E-state index is 6.60. The van der Waals surface area contributed by atoms with Crippen LogP contribution in [0.1, 0.15) is 0 Å². The fourth-order valence-corrected chi connectivity index (χ4v) is 6.68. The molecule has 3 heteroatoms. The molecule has 2 heterocycles. The number of anilines is 3. The Morgan fingerprint density at radius 2 is 1.19 bits per heavy atom. The predicted molar refractivity (Wildman–Crippen MR) is 159 cm³/mol. The molecule has 0 radical (unpaired) electrons. The standard InChI is InChI=1S/C34H21NOS/c1-3-10-23(11-4-1)35(24-12-5-2-6-13-24)25-16-19-30-28(21-25)33-31(37-30)20-17-27-32-26-14-8-7-9-22(26)15-18-29(32)36-34(27)33/h1-21H. The molecule has 0 fully saturated rings. The lowest BCUT2D eigenvalue weighted by Gasteiger charge is -2.25. The molecule has 0 amide bonds. The van der Waals surface area contributed by atoms with E-state index in [4.69, 9.17) is 4.42 Å². The molecule has 0 bridgehead atoms. The lowest BCUT2D eigenvalue weighted by Crippen LogP contribution is -2.09. The minimum Gasteiger partial charge on any atom is -0.455 e. The number of furan rings is 1. The molecule has 2 aromatic heterocycles. The summed E-state index contributed by atoms with van der Waals surface area (Å²) in [4.78, 5) is 2.31. The van der Waals surface area contributed by atoms with Gasteiger partial charge in [-0.1, -0.05) is 66.7 Å². The van der Waals surface area contributed by atoms with Crippen LogP contribution in [0.4, 0.5) is 17.1 Å². The number of thiophene rings is 1. The zero-order chi connectivity index (χ0) is 24.3. The van der Waals surface area contributed by atoms with Crippen LogP contribution in [0, 0.1) is 0 Å². The highest BCUT2D eigenvalue weighted by Crippen LogP contribution is 2.45. The summed E-state index contributed by atoms with van der Waals surface area (Å²) in [6.45, 7) is 0. The molecule has 0 aliphatic carbocycles. The van der Waals surface area contributed by atoms with Gasteiger partial charge in [-0.25, -0.2) is 0 Å². The Labute approximate surface area is 217 Å². The summed E-state index contributed by atoms with van der Waals surface area (Å²) in [7, 11) is 0. The Balaban J connectivity index is 1.43. The van der Waals surface area contributed by atoms with Crippen molar-refractivity contribution in [3.05, 3.63) is 127 Å². The minimum absolute atomic E-state index is 0.937. The first-order chi connectivity index (χ1) is 18.3. The molecule has 0 unspecified atom stereocenters. The van der Waals surface area contributed by atoms with Crippen molar-refractivity contribution >= 4 is 81.3 Å². The SMILES string of the molecule is c1ccc(N(c2ccccc2)c2ccc3sc4ccc5c(oc6ccc7ccccc7c65)c4c3c2)cc1. The molecule has 6 aromatic carbocycles. The second kappa shape index (κ2) is 7.95. The van der Waals surface area contributed by atoms with Gasteiger partial charge in [-0.2, -0.15) is 0 Å². The van der Waals surface area contributed by atoms with Gasteiger partial charge in [0.05, 0.1) is 0 Å². The molecule has 8 rings (SSSR count). The minimum atomic E-state index is 0.937. The third kappa shape index (κ3) is 3.11. The summed E-state index contributed by atoms with van der Waals surface area (Å²) in [6, 6.07) is 45.2. The molecule has 37 heavy (non-hydrogen) atoms. The zero-order valence-electron chi connectivity index (χ0n) is 19.9. The maximum atomic E-state index is 6.60. The second-order valence-corrected chi connectivity index (χ2v) is 10.5. The van der Waals surface area contributed by atoms with Crippen molar-refractivity contribution in [2.75, 3.05) is 4.90 Å². The quantitative estimate of drug-likeness (QED) is 0.244. The fraction of sp³-hybridized carbons (Fsp3) is 0. The molecule has 0 atom stereocenters. The first-order valence-corrected chi connectivity index (χ1v) is 13.3. The normalized spacial score (nSPS) is 11.8. The summed E-state index contributed by atoms with van der Waals surface area (Å²) >= 11 is 1.82. The number of fused-ring (bicyclic) bond motifs is 9. The third-order valence-electron chi connectivity index (χ3n) is 7.23. The molecule has 0 saturated carbocycles. The van der Waals surface area contributed by atoms with E-state index in [1.165, 1.54) is 41.7 Å². The molecule has 0 N–H and O–H groups in total. The number of nitrogens with zero attached hydrogens (tertiary/aromatic N) is 1. The van der Waals surface area contributed by atoms with Gasteiger partial charge in [0.15, 0.2) is 0 Å². The first-order valence-electron chi connectivity index (χ1n) is 12.4. The van der Waals surface area contributed by atoms with E-state index >= 15 is 0 Å². The molecule has 2 nitrogen and oxygen atoms in total. The van der Waals surface area contributed by atoms with Gasteiger partial charge in [-0.15, -0.1) is 11.3 Å². The van der Waals surface area contributed by atoms with Gasteiger partial charge in [0.1, 0.15) is 11.2 Å². The van der Waals surface area contributed by atoms with Crippen LogP contribution < -0.4 is 4.90 Å². The van der Waals surface area contributed by atoms with Crippen LogP contribution in [0.15, 0.2) is 132 Å². The Kier molecular flexibility index (Phi) is 4.42. The van der Waals surface area contributed by atoms with E-state index in [9.17, 15) is 0 Å². The average Bonchev–Trinajstić information content (AvgIpc) is 3.52. The number of hydrogen-bond acceptors (Lipinski definition) is 3. The monoisotopic (exact) mass is 491 g/mol. The molecule has 0 aliphatic rings. The van der Waals surface area contributed by atoms with E-state index in [-0.39, 0.29) is 0 Å². The zero-order valence-corrected chi connectivity index (χ0v) is 20.7. The Morgan fingerprint density at radius 1 is 0.486 bits per heavy atom. The largest absolute Gasteiger partial charge is 0.455 e. The summed E-state index contributed by atoms with van der Waals surface area (Å²) in [5.74, 6) is 0. The summed E-state index contributed by atoms with van der Waals surface area (Å²) in [5.41, 5.74) is 5.30. The lowest BCUT2D eigenvalue weighted by atomic mass is 10.0. The van der Waals surface area contributed by atoms with Crippen molar-refractivity contribution in [2.45, 2.75) is 0 Å². The van der Waals surface area contributed by atoms with Gasteiger partial charge in [0.2, 0.25) is 0 Å². The van der Waals surface area contributed by atoms with Crippen molar-refractivity contribution in [3.63, 3.8) is 0 Å². The van der Waals surface area contributed by atoms with E-state index in [0.29, 0.717) is 0 Å². The molecule has 174 valence electrons. The van der Waals surface area contributed by atoms with Crippen molar-refractivity contribution in [1.82, 2.24) is 0 Å². The number of hydrogen-bond donors (Lipinski definition) is 0. The van der Waals surface area contributed by atoms with Crippen LogP contribution in [0.25, 0.3) is 52.9 Å². The van der Waals surface area contributed by atoms with Crippen molar-refractivity contribution in [3.8, 4) is 0 Å². The van der Waals surface area contributed by atoms with E-state index in [2.05, 4.69) is 132 Å². The molecule has 0 spiro atoms. The highest BCUT2D eigenvalue weighted by atomic mass is 32.1. The van der Waals surface area contributed by atoms with E-state index in [0.717, 1.165) is 28.2 Å². The van der Waals surface area contributed by atoms with Crippen LogP contribution >= 0.6 is 11.3 Å². The summed E-state index contributed by atoms with van der Waals surface area (Å²) in [6.07, 6.45) is 0. The van der Waals surface area contributed by atoms with Gasteiger partial charge >= 0.3 is 0 Å². The number of rotatable bonds is 3. The van der Waals surface area contributed by atoms with Crippen molar-refractivity contribution in [1.29, 1.82) is 0 Å². The van der Waals surface area contributed by atoms with E-state index in [1.807, 2.05) is 11.3 Å². The van der Waals surface area contributed by atoms with E-state index < -0.39 is 0 Å². The molecular formula is C34H21NOS. The topological polar surface area (TPSA) is 16.4 Å². The van der Waals surface area contributed by atoms with Gasteiger partial charge in [-0.3, -0.25) is 0 Å². The van der Waals surface area contributed by atoms with Gasteiger partial charge in [0, 0.05) is 48.0 Å². The molecule has 0 saturated heterocycles. The lowest BCUT2D eigenvalue weighted by molar-refractivity contribution is 0.673. The van der Waals surface area contributed by atoms with E-state index in [1.54, 1.807) is 0 Å². The first kappa shape index (κ1) is 20.6. The van der Waals surface area contributed by atoms with Crippen molar-refractivity contribution in [2.24, 2.45) is 0 Å². The highest BCUT2D eigenvalue weighted by Gasteiger charge is 2.18. The average molecular weight is 492 g/mol. The second-order valence-electron chi connectivity index (χ2n) is 9.37. The smallest absolute Gasteiger partial charge is 0.144 e. The van der Waals surface area contributed by atoms with Crippen LogP contribution in [0.2, 0.25) is 0 Å². The predicted octanol–water partition coefficient (Wildman–Crippen LogP) is 10.6. The number of benzene rings is 6. The van der Waals surface area contributed by atoms with Crippen molar-refractivity contribution < 1.29 is 4.42 Å². The molecule has 0 aliphatic heterocycles. The highest BCUT2D eigenvalue weighted by molar-refractivity contribution is 7.26. The van der Waals surface area contributed by atoms with Gasteiger partial charge < -0.3 is 9.32 Å². The Bertz CT molecular complexity index is 2050. The van der Waals surface area contributed by atoms with Crippen LogP contribution in [0.5, 0.6) is 0 Å². The third-order valence-corrected chi connectivity index (χ3v) is 8.37. The molecule has 8 aromatic rings.